The molecule has 2 aromatic rings. The van der Waals surface area contributed by atoms with Gasteiger partial charge in [-0.1, -0.05) is 6.92 Å². The molecule has 0 bridgehead atoms. The van der Waals surface area contributed by atoms with Crippen LogP contribution in [0.1, 0.15) is 13.3 Å². The summed E-state index contributed by atoms with van der Waals surface area (Å²) in [4.78, 5) is 18.1. The van der Waals surface area contributed by atoms with Crippen molar-refractivity contribution in [1.29, 1.82) is 0 Å². The summed E-state index contributed by atoms with van der Waals surface area (Å²) >= 11 is 5.86. The van der Waals surface area contributed by atoms with E-state index in [0.717, 1.165) is 13.0 Å². The minimum atomic E-state index is 0.142. The molecule has 7 nitrogen and oxygen atoms in total. The average Bonchev–Trinajstić information content (AvgIpc) is 2.82. The highest BCUT2D eigenvalue weighted by Gasteiger charge is 2.10. The standard InChI is InChI=1S/C9H12ClN7/c1-3-4-16(2)8-13-7(10)14-9(15-8)17-6-11-5-12-17/h5-6H,3-4H2,1-2H3. The van der Waals surface area contributed by atoms with Crippen LogP contribution in [-0.4, -0.2) is 43.3 Å². The summed E-state index contributed by atoms with van der Waals surface area (Å²) < 4.78 is 1.44. The van der Waals surface area contributed by atoms with E-state index in [4.69, 9.17) is 11.6 Å². The molecule has 0 spiro atoms. The van der Waals surface area contributed by atoms with Crippen LogP contribution in [0.15, 0.2) is 12.7 Å². The van der Waals surface area contributed by atoms with E-state index in [1.54, 1.807) is 0 Å². The van der Waals surface area contributed by atoms with Gasteiger partial charge < -0.3 is 4.90 Å². The first-order valence-corrected chi connectivity index (χ1v) is 5.56. The van der Waals surface area contributed by atoms with Gasteiger partial charge in [-0.05, 0) is 18.0 Å². The molecule has 0 aromatic carbocycles. The number of hydrogen-bond acceptors (Lipinski definition) is 6. The molecule has 0 saturated carbocycles. The molecule has 0 unspecified atom stereocenters. The zero-order valence-electron chi connectivity index (χ0n) is 9.58. The zero-order valence-corrected chi connectivity index (χ0v) is 10.3. The maximum Gasteiger partial charge on any atom is 0.258 e. The Hall–Kier alpha value is -1.76. The highest BCUT2D eigenvalue weighted by molar-refractivity contribution is 6.28. The fourth-order valence-electron chi connectivity index (χ4n) is 1.35. The van der Waals surface area contributed by atoms with Gasteiger partial charge in [0.2, 0.25) is 11.2 Å². The van der Waals surface area contributed by atoms with Crippen LogP contribution < -0.4 is 4.90 Å². The molecule has 2 rings (SSSR count). The van der Waals surface area contributed by atoms with E-state index in [0.29, 0.717) is 11.9 Å². The topological polar surface area (TPSA) is 72.6 Å². The lowest BCUT2D eigenvalue weighted by molar-refractivity contribution is 0.763. The van der Waals surface area contributed by atoms with E-state index in [1.165, 1.54) is 17.3 Å². The van der Waals surface area contributed by atoms with E-state index in [-0.39, 0.29) is 5.28 Å². The largest absolute Gasteiger partial charge is 0.344 e. The van der Waals surface area contributed by atoms with Crippen molar-refractivity contribution in [1.82, 2.24) is 29.7 Å². The van der Waals surface area contributed by atoms with Crippen molar-refractivity contribution < 1.29 is 0 Å². The molecule has 0 atom stereocenters. The molecular weight excluding hydrogens is 242 g/mol. The fourth-order valence-corrected chi connectivity index (χ4v) is 1.50. The Labute approximate surface area is 103 Å². The summed E-state index contributed by atoms with van der Waals surface area (Å²) in [6.45, 7) is 2.93. The lowest BCUT2D eigenvalue weighted by Crippen LogP contribution is -2.21. The lowest BCUT2D eigenvalue weighted by atomic mass is 10.4. The number of nitrogens with zero attached hydrogens (tertiary/aromatic N) is 7. The maximum atomic E-state index is 5.86. The predicted octanol–water partition coefficient (Wildman–Crippen LogP) is 0.952. The summed E-state index contributed by atoms with van der Waals surface area (Å²) in [6.07, 6.45) is 3.92. The Morgan fingerprint density at radius 2 is 2.18 bits per heavy atom. The van der Waals surface area contributed by atoms with E-state index in [9.17, 15) is 0 Å². The lowest BCUT2D eigenvalue weighted by Gasteiger charge is -2.15. The Morgan fingerprint density at radius 1 is 1.35 bits per heavy atom. The molecule has 17 heavy (non-hydrogen) atoms. The first kappa shape index (κ1) is 11.7. The summed E-state index contributed by atoms with van der Waals surface area (Å²) in [5, 5.41) is 4.09. The summed E-state index contributed by atoms with van der Waals surface area (Å²) in [5.41, 5.74) is 0. The van der Waals surface area contributed by atoms with Crippen molar-refractivity contribution in [3.63, 3.8) is 0 Å². The van der Waals surface area contributed by atoms with Crippen molar-refractivity contribution in [3.05, 3.63) is 17.9 Å². The van der Waals surface area contributed by atoms with Gasteiger partial charge in [0.15, 0.2) is 0 Å². The van der Waals surface area contributed by atoms with Gasteiger partial charge in [-0.2, -0.15) is 24.7 Å². The van der Waals surface area contributed by atoms with Gasteiger partial charge in [0, 0.05) is 13.6 Å². The molecule has 2 aromatic heterocycles. The van der Waals surface area contributed by atoms with Crippen LogP contribution in [0, 0.1) is 0 Å². The quantitative estimate of drug-likeness (QED) is 0.808. The normalized spacial score (nSPS) is 10.5. The molecule has 0 aliphatic carbocycles. The van der Waals surface area contributed by atoms with Crippen LogP contribution >= 0.6 is 11.6 Å². The minimum Gasteiger partial charge on any atom is -0.344 e. The van der Waals surface area contributed by atoms with Crippen LogP contribution in [0.4, 0.5) is 5.95 Å². The molecule has 0 N–H and O–H groups in total. The van der Waals surface area contributed by atoms with Crippen molar-refractivity contribution in [2.45, 2.75) is 13.3 Å². The van der Waals surface area contributed by atoms with Crippen molar-refractivity contribution in [3.8, 4) is 5.95 Å². The highest BCUT2D eigenvalue weighted by Crippen LogP contribution is 2.11. The molecule has 0 fully saturated rings. The minimum absolute atomic E-state index is 0.142. The SMILES string of the molecule is CCCN(C)c1nc(Cl)nc(-n2cncn2)n1. The Morgan fingerprint density at radius 3 is 2.82 bits per heavy atom. The van der Waals surface area contributed by atoms with Gasteiger partial charge >= 0.3 is 0 Å². The van der Waals surface area contributed by atoms with Crippen LogP contribution in [-0.2, 0) is 0 Å². The van der Waals surface area contributed by atoms with Crippen LogP contribution in [0.5, 0.6) is 0 Å². The van der Waals surface area contributed by atoms with Gasteiger partial charge in [-0.3, -0.25) is 0 Å². The molecule has 0 radical (unpaired) electrons. The third-order valence-corrected chi connectivity index (χ3v) is 2.28. The summed E-state index contributed by atoms with van der Waals surface area (Å²) in [6, 6.07) is 0. The predicted molar refractivity (Wildman–Crippen MR) is 63.3 cm³/mol. The number of halogens is 1. The molecule has 0 amide bonds. The molecule has 2 heterocycles. The monoisotopic (exact) mass is 253 g/mol. The van der Waals surface area contributed by atoms with Gasteiger partial charge in [0.25, 0.3) is 5.95 Å². The van der Waals surface area contributed by atoms with Gasteiger partial charge in [0.1, 0.15) is 12.7 Å². The second-order valence-electron chi connectivity index (χ2n) is 3.47. The van der Waals surface area contributed by atoms with Crippen LogP contribution in [0.25, 0.3) is 5.95 Å². The van der Waals surface area contributed by atoms with Crippen LogP contribution in [0.2, 0.25) is 5.28 Å². The second-order valence-corrected chi connectivity index (χ2v) is 3.80. The van der Waals surface area contributed by atoms with E-state index >= 15 is 0 Å². The maximum absolute atomic E-state index is 5.86. The van der Waals surface area contributed by atoms with Crippen molar-refractivity contribution in [2.24, 2.45) is 0 Å². The van der Waals surface area contributed by atoms with Gasteiger partial charge in [-0.25, -0.2) is 4.98 Å². The summed E-state index contributed by atoms with van der Waals surface area (Å²) in [5.74, 6) is 0.887. The molecule has 8 heteroatoms. The number of rotatable bonds is 4. The first-order valence-electron chi connectivity index (χ1n) is 5.18. The first-order chi connectivity index (χ1) is 8.20. The van der Waals surface area contributed by atoms with Gasteiger partial charge in [0.05, 0.1) is 0 Å². The third-order valence-electron chi connectivity index (χ3n) is 2.11. The van der Waals surface area contributed by atoms with Gasteiger partial charge in [-0.15, -0.1) is 0 Å². The van der Waals surface area contributed by atoms with E-state index < -0.39 is 0 Å². The van der Waals surface area contributed by atoms with Crippen LogP contribution in [0.3, 0.4) is 0 Å². The van der Waals surface area contributed by atoms with E-state index in [1.807, 2.05) is 11.9 Å². The van der Waals surface area contributed by atoms with Crippen molar-refractivity contribution in [2.75, 3.05) is 18.5 Å². The molecule has 0 saturated heterocycles. The second kappa shape index (κ2) is 5.05. The number of hydrogen-bond donors (Lipinski definition) is 0. The fraction of sp³-hybridized carbons (Fsp3) is 0.444. The Kier molecular flexibility index (Phi) is 3.48. The Bertz CT molecular complexity index is 484. The van der Waals surface area contributed by atoms with Crippen molar-refractivity contribution >= 4 is 17.5 Å². The smallest absolute Gasteiger partial charge is 0.258 e. The summed E-state index contributed by atoms with van der Waals surface area (Å²) in [7, 11) is 1.90. The molecular formula is C9H12ClN7. The molecule has 90 valence electrons. The number of anilines is 1. The highest BCUT2D eigenvalue weighted by atomic mass is 35.5. The number of aromatic nitrogens is 6. The zero-order chi connectivity index (χ0) is 12.3. The molecule has 0 aliphatic heterocycles. The van der Waals surface area contributed by atoms with E-state index in [2.05, 4.69) is 32.0 Å². The third kappa shape index (κ3) is 2.68. The Balaban J connectivity index is 2.36. The average molecular weight is 254 g/mol. The molecule has 0 aliphatic rings.